The van der Waals surface area contributed by atoms with E-state index in [9.17, 15) is 0 Å². The Morgan fingerprint density at radius 2 is 2.20 bits per heavy atom. The van der Waals surface area contributed by atoms with Crippen molar-refractivity contribution in [3.05, 3.63) is 29.0 Å². The van der Waals surface area contributed by atoms with Gasteiger partial charge >= 0.3 is 0 Å². The molecule has 2 N–H and O–H groups in total. The van der Waals surface area contributed by atoms with Crippen LogP contribution in [-0.4, -0.2) is 28.2 Å². The van der Waals surface area contributed by atoms with E-state index in [1.807, 2.05) is 12.1 Å². The summed E-state index contributed by atoms with van der Waals surface area (Å²) in [4.78, 5) is 8.76. The molecule has 0 radical (unpaired) electrons. The molecule has 0 aliphatic heterocycles. The molecule has 0 aliphatic carbocycles. The van der Waals surface area contributed by atoms with E-state index >= 15 is 0 Å². The van der Waals surface area contributed by atoms with Crippen LogP contribution >= 0.6 is 15.9 Å². The third-order valence-corrected chi connectivity index (χ3v) is 3.79. The number of anilines is 1. The van der Waals surface area contributed by atoms with Gasteiger partial charge in [0.05, 0.1) is 11.2 Å². The molecule has 2 rings (SSSR count). The Bertz CT molecular complexity index is 556. The van der Waals surface area contributed by atoms with Crippen LogP contribution in [0.2, 0.25) is 0 Å². The lowest BCUT2D eigenvalue weighted by Gasteiger charge is -2.17. The summed E-state index contributed by atoms with van der Waals surface area (Å²) in [6.07, 6.45) is 6.67. The lowest BCUT2D eigenvalue weighted by molar-refractivity contribution is 0.255. The molecule has 2 aromatic heterocycles. The molecule has 0 amide bonds. The Kier molecular flexibility index (Phi) is 5.73. The number of halogens is 1. The van der Waals surface area contributed by atoms with E-state index in [0.717, 1.165) is 47.0 Å². The zero-order valence-corrected chi connectivity index (χ0v) is 13.2. The summed E-state index contributed by atoms with van der Waals surface area (Å²) in [5.74, 6) is 0.490. The Balaban J connectivity index is 2.12. The number of hydrogen-bond acceptors (Lipinski definition) is 4. The summed E-state index contributed by atoms with van der Waals surface area (Å²) in [6, 6.07) is 3.91. The molecule has 0 saturated heterocycles. The van der Waals surface area contributed by atoms with Gasteiger partial charge in [-0.2, -0.15) is 0 Å². The standard InChI is InChI=1S/C15H20BrN3O/c1-2-3-11(5-7-20)9-18-13-4-6-17-14-8-12(16)10-19-15(13)14/h4,6,8,10-11,20H,2-3,5,7,9H2,1H3,(H,17,18). The largest absolute Gasteiger partial charge is 0.396 e. The molecule has 0 aromatic carbocycles. The maximum absolute atomic E-state index is 9.11. The first kappa shape index (κ1) is 15.2. The molecule has 5 heteroatoms. The number of hydrogen-bond donors (Lipinski definition) is 2. The highest BCUT2D eigenvalue weighted by Crippen LogP contribution is 2.23. The Hall–Kier alpha value is -1.20. The second-order valence-electron chi connectivity index (χ2n) is 4.93. The Morgan fingerprint density at radius 1 is 1.35 bits per heavy atom. The van der Waals surface area contributed by atoms with Crippen LogP contribution in [-0.2, 0) is 0 Å². The molecular weight excluding hydrogens is 318 g/mol. The van der Waals surface area contributed by atoms with Crippen molar-refractivity contribution in [3.63, 3.8) is 0 Å². The summed E-state index contributed by atoms with van der Waals surface area (Å²) in [6.45, 7) is 3.27. The Labute approximate surface area is 127 Å². The number of aromatic nitrogens is 2. The van der Waals surface area contributed by atoms with Gasteiger partial charge in [-0.3, -0.25) is 9.97 Å². The van der Waals surface area contributed by atoms with Crippen LogP contribution in [0.5, 0.6) is 0 Å². The lowest BCUT2D eigenvalue weighted by Crippen LogP contribution is -2.16. The number of aliphatic hydroxyl groups excluding tert-OH is 1. The van der Waals surface area contributed by atoms with Crippen molar-refractivity contribution in [1.82, 2.24) is 9.97 Å². The minimum atomic E-state index is 0.245. The molecule has 2 aromatic rings. The van der Waals surface area contributed by atoms with Crippen molar-refractivity contribution >= 4 is 32.7 Å². The van der Waals surface area contributed by atoms with Gasteiger partial charge in [0.15, 0.2) is 0 Å². The fraction of sp³-hybridized carbons (Fsp3) is 0.467. The molecule has 0 fully saturated rings. The van der Waals surface area contributed by atoms with Gasteiger partial charge in [-0.25, -0.2) is 0 Å². The van der Waals surface area contributed by atoms with Crippen LogP contribution in [0, 0.1) is 5.92 Å². The fourth-order valence-electron chi connectivity index (χ4n) is 2.34. The lowest BCUT2D eigenvalue weighted by atomic mass is 10.00. The van der Waals surface area contributed by atoms with Crippen molar-refractivity contribution in [3.8, 4) is 0 Å². The molecule has 0 spiro atoms. The van der Waals surface area contributed by atoms with Crippen LogP contribution in [0.25, 0.3) is 11.0 Å². The van der Waals surface area contributed by atoms with Crippen LogP contribution in [0.1, 0.15) is 26.2 Å². The second kappa shape index (κ2) is 7.55. The predicted octanol–water partition coefficient (Wildman–Crippen LogP) is 3.60. The number of fused-ring (bicyclic) bond motifs is 1. The van der Waals surface area contributed by atoms with E-state index in [0.29, 0.717) is 5.92 Å². The maximum Gasteiger partial charge on any atom is 0.112 e. The first-order chi connectivity index (χ1) is 9.74. The number of aliphatic hydroxyl groups is 1. The summed E-state index contributed by atoms with van der Waals surface area (Å²) in [5.41, 5.74) is 2.76. The molecule has 0 bridgehead atoms. The summed E-state index contributed by atoms with van der Waals surface area (Å²) < 4.78 is 0.929. The summed E-state index contributed by atoms with van der Waals surface area (Å²) >= 11 is 3.41. The predicted molar refractivity (Wildman–Crippen MR) is 85.8 cm³/mol. The zero-order chi connectivity index (χ0) is 14.4. The van der Waals surface area contributed by atoms with E-state index in [2.05, 4.69) is 38.1 Å². The number of nitrogens with one attached hydrogen (secondary N) is 1. The van der Waals surface area contributed by atoms with Crippen molar-refractivity contribution in [1.29, 1.82) is 0 Å². The van der Waals surface area contributed by atoms with Crippen molar-refractivity contribution in [2.24, 2.45) is 5.92 Å². The number of nitrogens with zero attached hydrogens (tertiary/aromatic N) is 2. The molecular formula is C15H20BrN3O. The second-order valence-corrected chi connectivity index (χ2v) is 5.84. The molecule has 0 saturated carbocycles. The van der Waals surface area contributed by atoms with E-state index in [-0.39, 0.29) is 6.61 Å². The zero-order valence-electron chi connectivity index (χ0n) is 11.6. The minimum absolute atomic E-state index is 0.245. The van der Waals surface area contributed by atoms with Gasteiger partial charge < -0.3 is 10.4 Å². The molecule has 0 aliphatic rings. The monoisotopic (exact) mass is 337 g/mol. The van der Waals surface area contributed by atoms with Gasteiger partial charge in [0.1, 0.15) is 5.52 Å². The highest BCUT2D eigenvalue weighted by molar-refractivity contribution is 9.10. The van der Waals surface area contributed by atoms with Crippen molar-refractivity contribution < 1.29 is 5.11 Å². The average molecular weight is 338 g/mol. The van der Waals surface area contributed by atoms with Crippen LogP contribution in [0.4, 0.5) is 5.69 Å². The highest BCUT2D eigenvalue weighted by atomic mass is 79.9. The van der Waals surface area contributed by atoms with Gasteiger partial charge in [-0.15, -0.1) is 0 Å². The van der Waals surface area contributed by atoms with Gasteiger partial charge in [0.2, 0.25) is 0 Å². The number of pyridine rings is 2. The normalized spacial score (nSPS) is 12.6. The van der Waals surface area contributed by atoms with Gasteiger partial charge in [0, 0.05) is 30.0 Å². The first-order valence-electron chi connectivity index (χ1n) is 6.99. The van der Waals surface area contributed by atoms with Crippen molar-refractivity contribution in [2.45, 2.75) is 26.2 Å². The first-order valence-corrected chi connectivity index (χ1v) is 7.79. The van der Waals surface area contributed by atoms with Crippen LogP contribution in [0.3, 0.4) is 0 Å². The smallest absolute Gasteiger partial charge is 0.112 e. The molecule has 1 unspecified atom stereocenters. The quantitative estimate of drug-likeness (QED) is 0.810. The highest BCUT2D eigenvalue weighted by Gasteiger charge is 2.09. The third kappa shape index (κ3) is 3.90. The SMILES string of the molecule is CCCC(CCO)CNc1ccnc2cc(Br)cnc12. The summed E-state index contributed by atoms with van der Waals surface area (Å²) in [5, 5.41) is 12.6. The fourth-order valence-corrected chi connectivity index (χ4v) is 2.66. The maximum atomic E-state index is 9.11. The van der Waals surface area contributed by atoms with E-state index in [1.54, 1.807) is 12.4 Å². The van der Waals surface area contributed by atoms with E-state index in [4.69, 9.17) is 5.11 Å². The third-order valence-electron chi connectivity index (χ3n) is 3.36. The molecule has 108 valence electrons. The molecule has 20 heavy (non-hydrogen) atoms. The topological polar surface area (TPSA) is 58.0 Å². The van der Waals surface area contributed by atoms with E-state index < -0.39 is 0 Å². The van der Waals surface area contributed by atoms with Crippen molar-refractivity contribution in [2.75, 3.05) is 18.5 Å². The van der Waals surface area contributed by atoms with Gasteiger partial charge in [-0.05, 0) is 46.8 Å². The summed E-state index contributed by atoms with van der Waals surface area (Å²) in [7, 11) is 0. The number of rotatable bonds is 7. The van der Waals surface area contributed by atoms with E-state index in [1.165, 1.54) is 0 Å². The van der Waals surface area contributed by atoms with Gasteiger partial charge in [-0.1, -0.05) is 13.3 Å². The molecule has 1 atom stereocenters. The Morgan fingerprint density at radius 3 is 2.95 bits per heavy atom. The van der Waals surface area contributed by atoms with Gasteiger partial charge in [0.25, 0.3) is 0 Å². The van der Waals surface area contributed by atoms with Crippen LogP contribution in [0.15, 0.2) is 29.0 Å². The van der Waals surface area contributed by atoms with Crippen LogP contribution < -0.4 is 5.32 Å². The molecule has 4 nitrogen and oxygen atoms in total. The molecule has 2 heterocycles. The minimum Gasteiger partial charge on any atom is -0.396 e. The average Bonchev–Trinajstić information content (AvgIpc) is 2.44.